The molecule has 0 radical (unpaired) electrons. The molecule has 118 valence electrons. The molecule has 1 aromatic heterocycles. The van der Waals surface area contributed by atoms with Crippen molar-refractivity contribution in [3.63, 3.8) is 0 Å². The monoisotopic (exact) mass is 298 g/mol. The van der Waals surface area contributed by atoms with Gasteiger partial charge in [-0.2, -0.15) is 0 Å². The van der Waals surface area contributed by atoms with Gasteiger partial charge in [-0.15, -0.1) is 0 Å². The van der Waals surface area contributed by atoms with Crippen LogP contribution >= 0.6 is 0 Å². The summed E-state index contributed by atoms with van der Waals surface area (Å²) in [6, 6.07) is 10.8. The number of nitrogens with one attached hydrogen (secondary N) is 1. The van der Waals surface area contributed by atoms with Crippen molar-refractivity contribution in [2.75, 3.05) is 6.54 Å². The predicted molar refractivity (Wildman–Crippen MR) is 91.1 cm³/mol. The number of para-hydroxylation sites is 1. The zero-order valence-electron chi connectivity index (χ0n) is 13.3. The first-order valence-electron chi connectivity index (χ1n) is 8.64. The van der Waals surface area contributed by atoms with Crippen LogP contribution in [0.1, 0.15) is 44.9 Å². The van der Waals surface area contributed by atoms with Gasteiger partial charge in [-0.1, -0.05) is 31.0 Å². The van der Waals surface area contributed by atoms with Gasteiger partial charge < -0.3 is 9.88 Å². The number of fused-ring (bicyclic) bond motifs is 1. The van der Waals surface area contributed by atoms with Gasteiger partial charge in [0.2, 0.25) is 0 Å². The number of hydrogen-bond donors (Lipinski definition) is 1. The molecular formula is C19H26N2O. The Morgan fingerprint density at radius 2 is 2.05 bits per heavy atom. The minimum atomic E-state index is 0.141. The molecule has 0 amide bonds. The van der Waals surface area contributed by atoms with E-state index in [0.29, 0.717) is 5.78 Å². The average Bonchev–Trinajstić information content (AvgIpc) is 2.98. The number of aryl methyl sites for hydroxylation is 1. The number of Topliss-reactive ketones (excluding diaryl/α,β-unsaturated/α-hetero) is 1. The van der Waals surface area contributed by atoms with Gasteiger partial charge in [-0.3, -0.25) is 4.79 Å². The summed E-state index contributed by atoms with van der Waals surface area (Å²) in [4.78, 5) is 12.1. The fourth-order valence-corrected chi connectivity index (χ4v) is 3.39. The van der Waals surface area contributed by atoms with E-state index >= 15 is 0 Å². The van der Waals surface area contributed by atoms with Crippen LogP contribution in [0.2, 0.25) is 0 Å². The van der Waals surface area contributed by atoms with Crippen molar-refractivity contribution in [1.29, 1.82) is 0 Å². The number of rotatable bonds is 7. The van der Waals surface area contributed by atoms with E-state index in [1.807, 2.05) is 0 Å². The summed E-state index contributed by atoms with van der Waals surface area (Å²) < 4.78 is 2.32. The van der Waals surface area contributed by atoms with Gasteiger partial charge in [-0.25, -0.2) is 0 Å². The topological polar surface area (TPSA) is 34.0 Å². The second-order valence-corrected chi connectivity index (χ2v) is 6.35. The highest BCUT2D eigenvalue weighted by Gasteiger charge is 2.19. The van der Waals surface area contributed by atoms with Crippen LogP contribution in [0.3, 0.4) is 0 Å². The van der Waals surface area contributed by atoms with E-state index in [1.165, 1.54) is 23.7 Å². The van der Waals surface area contributed by atoms with E-state index < -0.39 is 0 Å². The first kappa shape index (κ1) is 15.3. The molecule has 2 heterocycles. The normalized spacial score (nSPS) is 18.6. The van der Waals surface area contributed by atoms with Gasteiger partial charge >= 0.3 is 0 Å². The van der Waals surface area contributed by atoms with Crippen molar-refractivity contribution in [2.45, 2.75) is 57.5 Å². The maximum absolute atomic E-state index is 12.1. The van der Waals surface area contributed by atoms with E-state index in [-0.39, 0.29) is 6.04 Å². The molecule has 0 saturated carbocycles. The largest absolute Gasteiger partial charge is 0.347 e. The fraction of sp³-hybridized carbons (Fsp3) is 0.526. The van der Waals surface area contributed by atoms with E-state index in [4.69, 9.17) is 0 Å². The molecule has 1 N–H and O–H groups in total. The summed E-state index contributed by atoms with van der Waals surface area (Å²) in [7, 11) is 0. The van der Waals surface area contributed by atoms with Gasteiger partial charge in [0.05, 0.1) is 6.04 Å². The molecule has 2 aromatic rings. The molecule has 1 saturated heterocycles. The van der Waals surface area contributed by atoms with Gasteiger partial charge in [0.15, 0.2) is 0 Å². The summed E-state index contributed by atoms with van der Waals surface area (Å²) >= 11 is 0. The number of hydrogen-bond acceptors (Lipinski definition) is 2. The molecule has 0 aliphatic carbocycles. The molecule has 0 bridgehead atoms. The Kier molecular flexibility index (Phi) is 5.28. The number of piperidine rings is 1. The highest BCUT2D eigenvalue weighted by Crippen LogP contribution is 2.16. The summed E-state index contributed by atoms with van der Waals surface area (Å²) in [5.41, 5.74) is 1.31. The Morgan fingerprint density at radius 3 is 2.91 bits per heavy atom. The zero-order valence-corrected chi connectivity index (χ0v) is 13.3. The Morgan fingerprint density at radius 1 is 1.14 bits per heavy atom. The molecule has 0 spiro atoms. The Labute approximate surface area is 132 Å². The van der Waals surface area contributed by atoms with E-state index in [0.717, 1.165) is 45.2 Å². The molecule has 3 nitrogen and oxygen atoms in total. The third-order valence-corrected chi connectivity index (χ3v) is 4.70. The number of benzene rings is 1. The highest BCUT2D eigenvalue weighted by molar-refractivity contribution is 5.84. The van der Waals surface area contributed by atoms with Crippen LogP contribution in [0.4, 0.5) is 0 Å². The molecule has 22 heavy (non-hydrogen) atoms. The lowest BCUT2D eigenvalue weighted by molar-refractivity contribution is -0.121. The Balaban J connectivity index is 1.37. The van der Waals surface area contributed by atoms with E-state index in [9.17, 15) is 4.79 Å². The van der Waals surface area contributed by atoms with Crippen molar-refractivity contribution in [2.24, 2.45) is 0 Å². The molecule has 3 heteroatoms. The molecule has 1 aromatic carbocycles. The van der Waals surface area contributed by atoms with E-state index in [2.05, 4.69) is 46.4 Å². The van der Waals surface area contributed by atoms with E-state index in [1.54, 1.807) is 0 Å². The van der Waals surface area contributed by atoms with Crippen molar-refractivity contribution in [1.82, 2.24) is 9.88 Å². The Hall–Kier alpha value is -1.61. The summed E-state index contributed by atoms with van der Waals surface area (Å²) in [5.74, 6) is 0.422. The minimum Gasteiger partial charge on any atom is -0.347 e. The van der Waals surface area contributed by atoms with Crippen LogP contribution in [0.25, 0.3) is 10.9 Å². The minimum absolute atomic E-state index is 0.141. The van der Waals surface area contributed by atoms with Gasteiger partial charge in [0.25, 0.3) is 0 Å². The molecule has 1 fully saturated rings. The van der Waals surface area contributed by atoms with Crippen molar-refractivity contribution < 1.29 is 4.79 Å². The van der Waals surface area contributed by atoms with Crippen LogP contribution in [0, 0.1) is 0 Å². The maximum atomic E-state index is 12.1. The van der Waals surface area contributed by atoms with Crippen LogP contribution < -0.4 is 5.32 Å². The first-order valence-corrected chi connectivity index (χ1v) is 8.64. The predicted octanol–water partition coefficient (Wildman–Crippen LogP) is 3.91. The number of carbonyl (C=O) groups is 1. The lowest BCUT2D eigenvalue weighted by Crippen LogP contribution is -2.40. The number of ketones is 1. The second kappa shape index (κ2) is 7.59. The molecule has 1 atom stereocenters. The van der Waals surface area contributed by atoms with Crippen molar-refractivity contribution >= 4 is 16.7 Å². The molecule has 1 aliphatic heterocycles. The van der Waals surface area contributed by atoms with Crippen LogP contribution in [-0.4, -0.2) is 22.9 Å². The van der Waals surface area contributed by atoms with Crippen molar-refractivity contribution in [3.05, 3.63) is 36.5 Å². The quantitative estimate of drug-likeness (QED) is 0.786. The average molecular weight is 298 g/mol. The first-order chi connectivity index (χ1) is 10.8. The molecule has 1 unspecified atom stereocenters. The van der Waals surface area contributed by atoms with Gasteiger partial charge in [0.1, 0.15) is 5.78 Å². The Bertz CT molecular complexity index is 611. The third-order valence-electron chi connectivity index (χ3n) is 4.70. The standard InChI is InChI=1S/C19H26N2O/c22-19(17-9-5-6-13-20-17)11-2-1-7-14-21-15-12-16-8-3-4-10-18(16)21/h3-4,8,10,12,15,17,20H,1-2,5-7,9,11,13-14H2. The number of nitrogens with zero attached hydrogens (tertiary/aromatic N) is 1. The van der Waals surface area contributed by atoms with Gasteiger partial charge in [-0.05, 0) is 49.7 Å². The van der Waals surface area contributed by atoms with Crippen LogP contribution in [-0.2, 0) is 11.3 Å². The second-order valence-electron chi connectivity index (χ2n) is 6.35. The highest BCUT2D eigenvalue weighted by atomic mass is 16.1. The zero-order chi connectivity index (χ0) is 15.2. The fourth-order valence-electron chi connectivity index (χ4n) is 3.39. The summed E-state index contributed by atoms with van der Waals surface area (Å²) in [6.45, 7) is 2.06. The van der Waals surface area contributed by atoms with Crippen molar-refractivity contribution in [3.8, 4) is 0 Å². The smallest absolute Gasteiger partial charge is 0.149 e. The molecule has 1 aliphatic rings. The summed E-state index contributed by atoms with van der Waals surface area (Å²) in [5, 5.41) is 4.66. The third kappa shape index (κ3) is 3.77. The molecular weight excluding hydrogens is 272 g/mol. The molecule has 3 rings (SSSR count). The SMILES string of the molecule is O=C(CCCCCn1ccc2ccccc21)C1CCCCN1. The lowest BCUT2D eigenvalue weighted by Gasteiger charge is -2.22. The van der Waals surface area contributed by atoms with Gasteiger partial charge in [0, 0.05) is 24.7 Å². The number of carbonyl (C=O) groups excluding carboxylic acids is 1. The van der Waals surface area contributed by atoms with Crippen LogP contribution in [0.5, 0.6) is 0 Å². The maximum Gasteiger partial charge on any atom is 0.149 e. The number of aromatic nitrogens is 1. The summed E-state index contributed by atoms with van der Waals surface area (Å²) in [6.07, 6.45) is 9.66. The number of unbranched alkanes of at least 4 members (excludes halogenated alkanes) is 2. The van der Waals surface area contributed by atoms with Crippen LogP contribution in [0.15, 0.2) is 36.5 Å². The lowest BCUT2D eigenvalue weighted by atomic mass is 9.97.